The van der Waals surface area contributed by atoms with Crippen molar-refractivity contribution in [2.75, 3.05) is 10.6 Å². The predicted molar refractivity (Wildman–Crippen MR) is 156 cm³/mol. The molecule has 0 saturated heterocycles. The molecule has 2 N–H and O–H groups in total. The maximum absolute atomic E-state index is 12.7. The second-order valence-corrected chi connectivity index (χ2v) is 12.5. The number of para-hydroxylation sites is 2. The van der Waals surface area contributed by atoms with Crippen molar-refractivity contribution in [2.24, 2.45) is 33.7 Å². The predicted octanol–water partition coefficient (Wildman–Crippen LogP) is 8.17. The SMILES string of the molecule is C[C@]12CC[C@H]3[C@@H](CCC4=C/C(=N\OC(=O)Nc5ccccc5)CC[C@@]43C)[C@@H]1CC[C@H]2OC(=O)Nc1ccccc1. The van der Waals surface area contributed by atoms with E-state index in [0.29, 0.717) is 23.4 Å². The maximum atomic E-state index is 12.7. The molecule has 0 aromatic heterocycles. The third-order valence-electron chi connectivity index (χ3n) is 10.4. The molecule has 4 aliphatic rings. The van der Waals surface area contributed by atoms with Gasteiger partial charge in [0, 0.05) is 16.8 Å². The first-order valence-electron chi connectivity index (χ1n) is 14.7. The molecular formula is C33H39N3O4. The summed E-state index contributed by atoms with van der Waals surface area (Å²) in [7, 11) is 0. The highest BCUT2D eigenvalue weighted by atomic mass is 16.7. The highest BCUT2D eigenvalue weighted by Gasteiger charge is 2.60. The molecule has 0 bridgehead atoms. The number of ether oxygens (including phenoxy) is 1. The number of rotatable bonds is 4. The summed E-state index contributed by atoms with van der Waals surface area (Å²) < 4.78 is 6.07. The quantitative estimate of drug-likeness (QED) is 0.302. The summed E-state index contributed by atoms with van der Waals surface area (Å²) in [6.07, 6.45) is 9.52. The third kappa shape index (κ3) is 5.02. The van der Waals surface area contributed by atoms with E-state index in [1.165, 1.54) is 5.57 Å². The molecule has 0 unspecified atom stereocenters. The molecule has 4 aliphatic carbocycles. The number of carbonyl (C=O) groups excluding carboxylic acids is 2. The lowest BCUT2D eigenvalue weighted by molar-refractivity contribution is -0.0735. The standard InChI is InChI=1S/C33H39N3O4/c1-32-19-17-25(36-40-31(38)35-24-11-7-4-8-12-24)21-22(32)13-14-26-27-15-16-29(33(27,2)20-18-28(26)32)39-30(37)34-23-9-5-3-6-10-23/h3-12,21,26-29H,13-20H2,1-2H3,(H,34,37)(H,35,38)/b36-25-/t26-,27-,28-,29+,32-,33-/m0/s1. The minimum absolute atomic E-state index is 0.0218. The molecular weight excluding hydrogens is 502 g/mol. The molecule has 6 rings (SSSR count). The molecule has 0 aliphatic heterocycles. The number of benzene rings is 2. The van der Waals surface area contributed by atoms with Gasteiger partial charge in [0.25, 0.3) is 0 Å². The highest BCUT2D eigenvalue weighted by Crippen LogP contribution is 2.65. The Labute approximate surface area is 236 Å². The van der Waals surface area contributed by atoms with Crippen molar-refractivity contribution >= 4 is 29.3 Å². The molecule has 3 fully saturated rings. The zero-order valence-electron chi connectivity index (χ0n) is 23.4. The van der Waals surface area contributed by atoms with Crippen LogP contribution in [-0.4, -0.2) is 24.0 Å². The Morgan fingerprint density at radius 2 is 1.48 bits per heavy atom. The number of nitrogens with zero attached hydrogens (tertiary/aromatic N) is 1. The lowest BCUT2D eigenvalue weighted by Gasteiger charge is -2.57. The van der Waals surface area contributed by atoms with Gasteiger partial charge < -0.3 is 4.74 Å². The van der Waals surface area contributed by atoms with E-state index in [-0.39, 0.29) is 23.0 Å². The lowest BCUT2D eigenvalue weighted by Crippen LogP contribution is -2.51. The van der Waals surface area contributed by atoms with E-state index in [2.05, 4.69) is 35.7 Å². The van der Waals surface area contributed by atoms with Gasteiger partial charge in [-0.2, -0.15) is 0 Å². The first-order chi connectivity index (χ1) is 19.3. The highest BCUT2D eigenvalue weighted by molar-refractivity contribution is 5.97. The minimum atomic E-state index is -0.573. The molecule has 3 saturated carbocycles. The largest absolute Gasteiger partial charge is 0.445 e. The van der Waals surface area contributed by atoms with Gasteiger partial charge in [-0.15, -0.1) is 0 Å². The van der Waals surface area contributed by atoms with Crippen LogP contribution in [0.5, 0.6) is 0 Å². The van der Waals surface area contributed by atoms with E-state index in [1.54, 1.807) is 0 Å². The molecule has 7 heteroatoms. The average Bonchev–Trinajstić information content (AvgIpc) is 3.28. The van der Waals surface area contributed by atoms with Crippen LogP contribution in [0.25, 0.3) is 0 Å². The van der Waals surface area contributed by atoms with Crippen molar-refractivity contribution in [1.82, 2.24) is 0 Å². The van der Waals surface area contributed by atoms with Gasteiger partial charge >= 0.3 is 12.2 Å². The number of allylic oxidation sites excluding steroid dienone is 2. The maximum Gasteiger partial charge on any atom is 0.437 e. The van der Waals surface area contributed by atoms with E-state index in [4.69, 9.17) is 9.57 Å². The van der Waals surface area contributed by atoms with Crippen molar-refractivity contribution in [2.45, 2.75) is 71.3 Å². The number of anilines is 2. The Hall–Kier alpha value is -3.61. The summed E-state index contributed by atoms with van der Waals surface area (Å²) in [5, 5.41) is 9.82. The Balaban J connectivity index is 1.10. The van der Waals surface area contributed by atoms with Crippen LogP contribution in [0, 0.1) is 28.6 Å². The number of hydrogen-bond acceptors (Lipinski definition) is 5. The zero-order valence-corrected chi connectivity index (χ0v) is 23.4. The van der Waals surface area contributed by atoms with Crippen LogP contribution in [0.1, 0.15) is 65.2 Å². The van der Waals surface area contributed by atoms with Crippen molar-refractivity contribution in [3.8, 4) is 0 Å². The average molecular weight is 542 g/mol. The van der Waals surface area contributed by atoms with E-state index in [1.807, 2.05) is 60.7 Å². The molecule has 6 atom stereocenters. The molecule has 2 aromatic carbocycles. The number of fused-ring (bicyclic) bond motifs is 5. The van der Waals surface area contributed by atoms with E-state index in [0.717, 1.165) is 62.8 Å². The van der Waals surface area contributed by atoms with Crippen LogP contribution < -0.4 is 10.6 Å². The molecule has 2 amide bonds. The van der Waals surface area contributed by atoms with Gasteiger partial charge in [0.15, 0.2) is 0 Å². The van der Waals surface area contributed by atoms with Gasteiger partial charge in [0.05, 0.1) is 5.71 Å². The van der Waals surface area contributed by atoms with Gasteiger partial charge in [0.1, 0.15) is 6.10 Å². The van der Waals surface area contributed by atoms with Gasteiger partial charge in [-0.05, 0) is 105 Å². The third-order valence-corrected chi connectivity index (χ3v) is 10.4. The van der Waals surface area contributed by atoms with E-state index in [9.17, 15) is 9.59 Å². The molecule has 7 nitrogen and oxygen atoms in total. The molecule has 2 aromatic rings. The monoisotopic (exact) mass is 541 g/mol. The molecule has 40 heavy (non-hydrogen) atoms. The first kappa shape index (κ1) is 26.6. The Morgan fingerprint density at radius 1 is 0.800 bits per heavy atom. The van der Waals surface area contributed by atoms with Crippen LogP contribution in [-0.2, 0) is 9.57 Å². The van der Waals surface area contributed by atoms with E-state index < -0.39 is 6.09 Å². The zero-order chi connectivity index (χ0) is 27.7. The van der Waals surface area contributed by atoms with Crippen LogP contribution in [0.3, 0.4) is 0 Å². The number of hydrogen-bond donors (Lipinski definition) is 2. The van der Waals surface area contributed by atoms with Gasteiger partial charge in [-0.25, -0.2) is 9.59 Å². The first-order valence-corrected chi connectivity index (χ1v) is 14.7. The Morgan fingerprint density at radius 3 is 2.17 bits per heavy atom. The topological polar surface area (TPSA) is 89.0 Å². The summed E-state index contributed by atoms with van der Waals surface area (Å²) in [5.74, 6) is 1.82. The second-order valence-electron chi connectivity index (χ2n) is 12.5. The van der Waals surface area contributed by atoms with Gasteiger partial charge in [-0.3, -0.25) is 15.5 Å². The van der Waals surface area contributed by atoms with Crippen LogP contribution in [0.15, 0.2) is 77.5 Å². The van der Waals surface area contributed by atoms with Crippen molar-refractivity contribution in [3.05, 3.63) is 72.3 Å². The minimum Gasteiger partial charge on any atom is -0.445 e. The van der Waals surface area contributed by atoms with Crippen molar-refractivity contribution in [3.63, 3.8) is 0 Å². The molecule has 0 spiro atoms. The fraction of sp³-hybridized carbons (Fsp3) is 0.485. The molecule has 0 radical (unpaired) electrons. The number of oxime groups is 1. The van der Waals surface area contributed by atoms with Crippen molar-refractivity contribution < 1.29 is 19.2 Å². The number of nitrogens with one attached hydrogen (secondary N) is 2. The summed E-state index contributed by atoms with van der Waals surface area (Å²) in [6, 6.07) is 18.8. The Bertz CT molecular complexity index is 1310. The fourth-order valence-corrected chi connectivity index (χ4v) is 8.35. The summed E-state index contributed by atoms with van der Waals surface area (Å²) >= 11 is 0. The van der Waals surface area contributed by atoms with Crippen molar-refractivity contribution in [1.29, 1.82) is 0 Å². The Kier molecular flexibility index (Phi) is 7.15. The van der Waals surface area contributed by atoms with Crippen LogP contribution >= 0.6 is 0 Å². The van der Waals surface area contributed by atoms with Crippen LogP contribution in [0.4, 0.5) is 21.0 Å². The summed E-state index contributed by atoms with van der Waals surface area (Å²) in [6.45, 7) is 4.80. The fourth-order valence-electron chi connectivity index (χ4n) is 8.35. The summed E-state index contributed by atoms with van der Waals surface area (Å²) in [5.41, 5.74) is 3.89. The second kappa shape index (κ2) is 10.8. The van der Waals surface area contributed by atoms with E-state index >= 15 is 0 Å². The number of amides is 2. The molecule has 0 heterocycles. The summed E-state index contributed by atoms with van der Waals surface area (Å²) in [4.78, 5) is 30.2. The van der Waals surface area contributed by atoms with Gasteiger partial charge in [0.2, 0.25) is 0 Å². The van der Waals surface area contributed by atoms with Gasteiger partial charge in [-0.1, -0.05) is 61.0 Å². The smallest absolute Gasteiger partial charge is 0.437 e. The van der Waals surface area contributed by atoms with Crippen LogP contribution in [0.2, 0.25) is 0 Å². The molecule has 210 valence electrons. The normalized spacial score (nSPS) is 33.5. The number of carbonyl (C=O) groups is 2. The lowest BCUT2D eigenvalue weighted by atomic mass is 9.47.